The molecule has 1 N–H and O–H groups in total. The molecule has 0 saturated carbocycles. The highest BCUT2D eigenvalue weighted by atomic mass is 35.5. The number of alkyl halides is 3. The molecule has 0 aliphatic carbocycles. The topological polar surface area (TPSA) is 44.7 Å². The summed E-state index contributed by atoms with van der Waals surface area (Å²) in [7, 11) is 0. The standard InChI is InChI=1S/C22H23ClF3N3OS/c1-21(11-4-12-31-2)14-29(28-19(21)15-7-9-17(23)10-8-15)20(30)27-18-6-3-5-16(13-18)22(24,25)26/h3,5-10,13H,4,11-12,14H2,1-2H3,(H,27,30). The second-order valence-electron chi connectivity index (χ2n) is 7.68. The SMILES string of the molecule is CSCCCC1(C)CN(C(=O)Nc2cccc(C(F)(F)F)c2)N=C1c1ccc(Cl)cc1. The maximum absolute atomic E-state index is 13.0. The first-order chi connectivity index (χ1) is 14.6. The van der Waals surface area contributed by atoms with Gasteiger partial charge in [0, 0.05) is 16.1 Å². The zero-order valence-electron chi connectivity index (χ0n) is 17.2. The fourth-order valence-corrected chi connectivity index (χ4v) is 4.14. The van der Waals surface area contributed by atoms with Gasteiger partial charge in [0.25, 0.3) is 0 Å². The van der Waals surface area contributed by atoms with E-state index in [9.17, 15) is 18.0 Å². The summed E-state index contributed by atoms with van der Waals surface area (Å²) >= 11 is 7.76. The molecule has 9 heteroatoms. The smallest absolute Gasteiger partial charge is 0.306 e. The lowest BCUT2D eigenvalue weighted by Crippen LogP contribution is -2.35. The van der Waals surface area contributed by atoms with Gasteiger partial charge in [-0.2, -0.15) is 30.0 Å². The molecule has 1 aliphatic rings. The summed E-state index contributed by atoms with van der Waals surface area (Å²) in [5.74, 6) is 0.986. The quantitative estimate of drug-likeness (QED) is 0.475. The largest absolute Gasteiger partial charge is 0.416 e. The highest BCUT2D eigenvalue weighted by molar-refractivity contribution is 7.98. The fraction of sp³-hybridized carbons (Fsp3) is 0.364. The van der Waals surface area contributed by atoms with Crippen molar-refractivity contribution in [3.05, 3.63) is 64.7 Å². The molecule has 0 spiro atoms. The lowest BCUT2D eigenvalue weighted by molar-refractivity contribution is -0.137. The van der Waals surface area contributed by atoms with E-state index in [1.807, 2.05) is 18.4 Å². The number of hydrogen-bond donors (Lipinski definition) is 1. The minimum atomic E-state index is -4.48. The highest BCUT2D eigenvalue weighted by Gasteiger charge is 2.41. The second-order valence-corrected chi connectivity index (χ2v) is 9.10. The van der Waals surface area contributed by atoms with E-state index in [1.54, 1.807) is 23.9 Å². The van der Waals surface area contributed by atoms with Crippen LogP contribution in [-0.2, 0) is 6.18 Å². The zero-order chi connectivity index (χ0) is 22.6. The molecule has 0 bridgehead atoms. The Morgan fingerprint density at radius 2 is 1.97 bits per heavy atom. The van der Waals surface area contributed by atoms with E-state index in [0.717, 1.165) is 42.0 Å². The number of nitrogens with zero attached hydrogens (tertiary/aromatic N) is 2. The maximum Gasteiger partial charge on any atom is 0.416 e. The van der Waals surface area contributed by atoms with E-state index in [4.69, 9.17) is 11.6 Å². The van der Waals surface area contributed by atoms with Crippen molar-refractivity contribution in [2.45, 2.75) is 25.9 Å². The molecule has 0 radical (unpaired) electrons. The first-order valence-corrected chi connectivity index (χ1v) is 11.5. The molecular formula is C22H23ClF3N3OS. The van der Waals surface area contributed by atoms with Gasteiger partial charge in [0.05, 0.1) is 17.8 Å². The first-order valence-electron chi connectivity index (χ1n) is 9.72. The van der Waals surface area contributed by atoms with Gasteiger partial charge in [-0.3, -0.25) is 0 Å². The Kier molecular flexibility index (Phi) is 7.21. The van der Waals surface area contributed by atoms with Crippen molar-refractivity contribution in [1.82, 2.24) is 5.01 Å². The lowest BCUT2D eigenvalue weighted by Gasteiger charge is -2.26. The Hall–Kier alpha value is -2.19. The van der Waals surface area contributed by atoms with Crippen LogP contribution in [0.3, 0.4) is 0 Å². The number of thioether (sulfide) groups is 1. The van der Waals surface area contributed by atoms with E-state index in [-0.39, 0.29) is 11.1 Å². The Balaban J connectivity index is 1.83. The van der Waals surface area contributed by atoms with Crippen LogP contribution in [0.25, 0.3) is 0 Å². The van der Waals surface area contributed by atoms with Crippen LogP contribution in [0, 0.1) is 5.41 Å². The Morgan fingerprint density at radius 1 is 1.26 bits per heavy atom. The average Bonchev–Trinajstić information content (AvgIpc) is 3.06. The molecule has 1 atom stereocenters. The molecule has 0 saturated heterocycles. The third kappa shape index (κ3) is 5.74. The summed E-state index contributed by atoms with van der Waals surface area (Å²) in [6, 6.07) is 11.3. The van der Waals surface area contributed by atoms with Crippen LogP contribution in [0.4, 0.5) is 23.7 Å². The van der Waals surface area contributed by atoms with Crippen molar-refractivity contribution in [2.75, 3.05) is 23.9 Å². The summed E-state index contributed by atoms with van der Waals surface area (Å²) in [5.41, 5.74) is 0.502. The second kappa shape index (κ2) is 9.53. The first kappa shape index (κ1) is 23.5. The van der Waals surface area contributed by atoms with E-state index in [2.05, 4.69) is 17.3 Å². The van der Waals surface area contributed by atoms with E-state index in [1.165, 1.54) is 17.1 Å². The number of carbonyl (C=O) groups is 1. The van der Waals surface area contributed by atoms with Crippen molar-refractivity contribution in [2.24, 2.45) is 10.5 Å². The van der Waals surface area contributed by atoms with Crippen molar-refractivity contribution in [3.63, 3.8) is 0 Å². The molecule has 31 heavy (non-hydrogen) atoms. The summed E-state index contributed by atoms with van der Waals surface area (Å²) in [4.78, 5) is 12.8. The van der Waals surface area contributed by atoms with E-state index >= 15 is 0 Å². The molecule has 2 amide bonds. The molecule has 166 valence electrons. The van der Waals surface area contributed by atoms with Gasteiger partial charge in [0.15, 0.2) is 0 Å². The minimum Gasteiger partial charge on any atom is -0.306 e. The Morgan fingerprint density at radius 3 is 2.61 bits per heavy atom. The number of nitrogens with one attached hydrogen (secondary N) is 1. The summed E-state index contributed by atoms with van der Waals surface area (Å²) < 4.78 is 38.9. The molecule has 1 heterocycles. The Bertz CT molecular complexity index is 965. The summed E-state index contributed by atoms with van der Waals surface area (Å²) in [5, 5.41) is 8.99. The number of hydrogen-bond acceptors (Lipinski definition) is 3. The van der Waals surface area contributed by atoms with Gasteiger partial charge in [-0.15, -0.1) is 0 Å². The predicted octanol–water partition coefficient (Wildman–Crippen LogP) is 6.76. The molecule has 4 nitrogen and oxygen atoms in total. The van der Waals surface area contributed by atoms with Crippen LogP contribution in [0.1, 0.15) is 30.9 Å². The van der Waals surface area contributed by atoms with Crippen LogP contribution in [0.5, 0.6) is 0 Å². The third-order valence-electron chi connectivity index (χ3n) is 5.16. The zero-order valence-corrected chi connectivity index (χ0v) is 18.7. The van der Waals surface area contributed by atoms with Gasteiger partial charge < -0.3 is 5.32 Å². The summed E-state index contributed by atoms with van der Waals surface area (Å²) in [6.07, 6.45) is -0.667. The Labute approximate surface area is 188 Å². The minimum absolute atomic E-state index is 0.0686. The van der Waals surface area contributed by atoms with Crippen molar-refractivity contribution >= 4 is 40.8 Å². The maximum atomic E-state index is 13.0. The third-order valence-corrected chi connectivity index (χ3v) is 6.11. The van der Waals surface area contributed by atoms with Gasteiger partial charge in [-0.05, 0) is 60.7 Å². The normalized spacial score (nSPS) is 18.8. The van der Waals surface area contributed by atoms with Crippen LogP contribution in [0.2, 0.25) is 5.02 Å². The van der Waals surface area contributed by atoms with Crippen molar-refractivity contribution in [1.29, 1.82) is 0 Å². The van der Waals surface area contributed by atoms with Crippen LogP contribution in [0.15, 0.2) is 53.6 Å². The number of halogens is 4. The van der Waals surface area contributed by atoms with Gasteiger partial charge in [0.1, 0.15) is 0 Å². The van der Waals surface area contributed by atoms with Crippen LogP contribution < -0.4 is 5.32 Å². The molecule has 0 fully saturated rings. The number of anilines is 1. The molecule has 2 aromatic rings. The van der Waals surface area contributed by atoms with Gasteiger partial charge in [-0.25, -0.2) is 9.80 Å². The van der Waals surface area contributed by atoms with Crippen molar-refractivity contribution in [3.8, 4) is 0 Å². The molecule has 1 unspecified atom stereocenters. The molecule has 1 aliphatic heterocycles. The molecule has 2 aromatic carbocycles. The van der Waals surface area contributed by atoms with Crippen LogP contribution >= 0.6 is 23.4 Å². The number of hydrazone groups is 1. The number of benzene rings is 2. The number of amides is 2. The predicted molar refractivity (Wildman–Crippen MR) is 121 cm³/mol. The fourth-order valence-electron chi connectivity index (χ4n) is 3.58. The monoisotopic (exact) mass is 469 g/mol. The van der Waals surface area contributed by atoms with E-state index in [0.29, 0.717) is 11.6 Å². The van der Waals surface area contributed by atoms with Gasteiger partial charge in [-0.1, -0.05) is 36.7 Å². The molecule has 3 rings (SSSR count). The van der Waals surface area contributed by atoms with Gasteiger partial charge >= 0.3 is 12.2 Å². The van der Waals surface area contributed by atoms with Crippen LogP contribution in [-0.4, -0.2) is 35.3 Å². The van der Waals surface area contributed by atoms with E-state index < -0.39 is 17.8 Å². The lowest BCUT2D eigenvalue weighted by atomic mass is 9.78. The number of rotatable bonds is 6. The van der Waals surface area contributed by atoms with Gasteiger partial charge in [0.2, 0.25) is 0 Å². The molecule has 0 aromatic heterocycles. The highest BCUT2D eigenvalue weighted by Crippen LogP contribution is 2.37. The number of carbonyl (C=O) groups excluding carboxylic acids is 1. The average molecular weight is 470 g/mol. The summed E-state index contributed by atoms with van der Waals surface area (Å²) in [6.45, 7) is 2.39. The molecular weight excluding hydrogens is 447 g/mol. The number of urea groups is 1. The van der Waals surface area contributed by atoms with Crippen molar-refractivity contribution < 1.29 is 18.0 Å².